The van der Waals surface area contributed by atoms with Crippen LogP contribution >= 0.6 is 0 Å². The number of benzene rings is 1. The molecule has 0 saturated carbocycles. The SMILES string of the molecule is O=C(C1CC(=O)N(c2ccc(F)cc2)C1)N1CCN(c2ccc(-n3cccn3)nn2)CC1. The molecule has 4 heterocycles. The first-order valence-electron chi connectivity index (χ1n) is 10.5. The highest BCUT2D eigenvalue weighted by Crippen LogP contribution is 2.27. The first kappa shape index (κ1) is 20.1. The van der Waals surface area contributed by atoms with Gasteiger partial charge in [0.05, 0.1) is 5.92 Å². The van der Waals surface area contributed by atoms with Crippen LogP contribution in [0.3, 0.4) is 0 Å². The fourth-order valence-corrected chi connectivity index (χ4v) is 4.17. The van der Waals surface area contributed by atoms with Gasteiger partial charge in [0.25, 0.3) is 0 Å². The summed E-state index contributed by atoms with van der Waals surface area (Å²) in [6, 6.07) is 11.4. The van der Waals surface area contributed by atoms with Crippen LogP contribution in [0.4, 0.5) is 15.9 Å². The molecule has 1 atom stereocenters. The Morgan fingerprint density at radius 2 is 1.69 bits per heavy atom. The normalized spacial score (nSPS) is 19.0. The van der Waals surface area contributed by atoms with Crippen LogP contribution in [0.15, 0.2) is 54.9 Å². The number of hydrogen-bond acceptors (Lipinski definition) is 6. The van der Waals surface area contributed by atoms with Gasteiger partial charge in [-0.25, -0.2) is 9.07 Å². The van der Waals surface area contributed by atoms with Crippen LogP contribution < -0.4 is 9.80 Å². The van der Waals surface area contributed by atoms with E-state index in [4.69, 9.17) is 0 Å². The van der Waals surface area contributed by atoms with Gasteiger partial charge in [-0.2, -0.15) is 5.10 Å². The van der Waals surface area contributed by atoms with Gasteiger partial charge in [0.1, 0.15) is 5.82 Å². The Morgan fingerprint density at radius 3 is 2.34 bits per heavy atom. The lowest BCUT2D eigenvalue weighted by molar-refractivity contribution is -0.136. The van der Waals surface area contributed by atoms with E-state index in [2.05, 4.69) is 20.2 Å². The third-order valence-corrected chi connectivity index (χ3v) is 5.90. The van der Waals surface area contributed by atoms with Crippen LogP contribution in [0.5, 0.6) is 0 Å². The number of nitrogens with zero attached hydrogens (tertiary/aromatic N) is 7. The van der Waals surface area contributed by atoms with Gasteiger partial charge in [-0.15, -0.1) is 10.2 Å². The van der Waals surface area contributed by atoms with E-state index in [1.54, 1.807) is 34.1 Å². The van der Waals surface area contributed by atoms with Gasteiger partial charge in [0.15, 0.2) is 11.6 Å². The molecule has 2 aliphatic rings. The van der Waals surface area contributed by atoms with E-state index >= 15 is 0 Å². The standard InChI is InChI=1S/C22H22FN7O2/c23-17-2-4-18(5-3-17)29-15-16(14-21(29)31)22(32)28-12-10-27(11-13-28)19-6-7-20(26-25-19)30-9-1-8-24-30/h1-9,16H,10-15H2. The zero-order valence-electron chi connectivity index (χ0n) is 17.3. The molecular weight excluding hydrogens is 413 g/mol. The topological polar surface area (TPSA) is 87.5 Å². The summed E-state index contributed by atoms with van der Waals surface area (Å²) in [5, 5.41) is 12.7. The van der Waals surface area contributed by atoms with Crippen molar-refractivity contribution in [3.05, 3.63) is 60.7 Å². The van der Waals surface area contributed by atoms with Crippen molar-refractivity contribution in [1.29, 1.82) is 0 Å². The fraction of sp³-hybridized carbons (Fsp3) is 0.318. The van der Waals surface area contributed by atoms with E-state index in [-0.39, 0.29) is 30.0 Å². The van der Waals surface area contributed by atoms with Gasteiger partial charge in [-0.3, -0.25) is 9.59 Å². The second kappa shape index (κ2) is 8.37. The van der Waals surface area contributed by atoms with Crippen molar-refractivity contribution in [3.8, 4) is 5.82 Å². The first-order valence-corrected chi connectivity index (χ1v) is 10.5. The van der Waals surface area contributed by atoms with Gasteiger partial charge < -0.3 is 14.7 Å². The molecule has 9 nitrogen and oxygen atoms in total. The van der Waals surface area contributed by atoms with Crippen LogP contribution in [-0.4, -0.2) is 69.4 Å². The Morgan fingerprint density at radius 1 is 0.969 bits per heavy atom. The molecule has 164 valence electrons. The minimum absolute atomic E-state index is 0.0114. The molecule has 5 rings (SSSR count). The number of aromatic nitrogens is 4. The number of piperazine rings is 1. The van der Waals surface area contributed by atoms with Crippen molar-refractivity contribution in [1.82, 2.24) is 24.9 Å². The lowest BCUT2D eigenvalue weighted by Crippen LogP contribution is -2.51. The number of hydrogen-bond donors (Lipinski definition) is 0. The maximum atomic E-state index is 13.2. The molecule has 0 radical (unpaired) electrons. The van der Waals surface area contributed by atoms with Gasteiger partial charge >= 0.3 is 0 Å². The molecule has 0 N–H and O–H groups in total. The molecule has 2 aliphatic heterocycles. The Kier molecular flexibility index (Phi) is 5.26. The maximum absolute atomic E-state index is 13.2. The highest BCUT2D eigenvalue weighted by Gasteiger charge is 2.38. The van der Waals surface area contributed by atoms with E-state index in [1.165, 1.54) is 12.1 Å². The van der Waals surface area contributed by atoms with Gasteiger partial charge in [-0.05, 0) is 42.5 Å². The fourth-order valence-electron chi connectivity index (χ4n) is 4.17. The predicted octanol–water partition coefficient (Wildman–Crippen LogP) is 1.50. The first-order chi connectivity index (χ1) is 15.6. The van der Waals surface area contributed by atoms with Crippen molar-refractivity contribution < 1.29 is 14.0 Å². The molecule has 2 aromatic heterocycles. The number of carbonyl (C=O) groups excluding carboxylic acids is 2. The van der Waals surface area contributed by atoms with E-state index in [1.807, 2.05) is 23.1 Å². The van der Waals surface area contributed by atoms with Crippen molar-refractivity contribution in [2.75, 3.05) is 42.5 Å². The molecule has 0 aliphatic carbocycles. The number of carbonyl (C=O) groups is 2. The summed E-state index contributed by atoms with van der Waals surface area (Å²) < 4.78 is 14.8. The monoisotopic (exact) mass is 435 g/mol. The molecule has 1 aromatic carbocycles. The second-order valence-corrected chi connectivity index (χ2v) is 7.89. The van der Waals surface area contributed by atoms with Crippen molar-refractivity contribution in [2.45, 2.75) is 6.42 Å². The van der Waals surface area contributed by atoms with Crippen LogP contribution in [0.25, 0.3) is 5.82 Å². The quantitative estimate of drug-likeness (QED) is 0.617. The number of halogens is 1. The van der Waals surface area contributed by atoms with Crippen LogP contribution in [0.1, 0.15) is 6.42 Å². The summed E-state index contributed by atoms with van der Waals surface area (Å²) in [4.78, 5) is 30.9. The minimum atomic E-state index is -0.382. The lowest BCUT2D eigenvalue weighted by Gasteiger charge is -2.36. The van der Waals surface area contributed by atoms with Crippen LogP contribution in [-0.2, 0) is 9.59 Å². The van der Waals surface area contributed by atoms with Gasteiger partial charge in [0, 0.05) is 57.2 Å². The van der Waals surface area contributed by atoms with Gasteiger partial charge in [-0.1, -0.05) is 0 Å². The van der Waals surface area contributed by atoms with E-state index in [9.17, 15) is 14.0 Å². The number of anilines is 2. The summed E-state index contributed by atoms with van der Waals surface area (Å²) in [5.74, 6) is 0.540. The number of rotatable bonds is 4. The van der Waals surface area contributed by atoms with E-state index in [0.29, 0.717) is 44.2 Å². The predicted molar refractivity (Wildman–Crippen MR) is 115 cm³/mol. The second-order valence-electron chi connectivity index (χ2n) is 7.89. The summed E-state index contributed by atoms with van der Waals surface area (Å²) >= 11 is 0. The van der Waals surface area contributed by atoms with Crippen molar-refractivity contribution in [2.24, 2.45) is 5.92 Å². The summed E-state index contributed by atoms with van der Waals surface area (Å²) in [5.41, 5.74) is 0.619. The molecular formula is C22H22FN7O2. The van der Waals surface area contributed by atoms with Crippen molar-refractivity contribution >= 4 is 23.3 Å². The molecule has 0 spiro atoms. The third kappa shape index (κ3) is 3.91. The Hall–Kier alpha value is -3.82. The van der Waals surface area contributed by atoms with Gasteiger partial charge in [0.2, 0.25) is 11.8 Å². The zero-order chi connectivity index (χ0) is 22.1. The highest BCUT2D eigenvalue weighted by molar-refractivity contribution is 6.00. The molecule has 1 unspecified atom stereocenters. The average Bonchev–Trinajstić information content (AvgIpc) is 3.50. The van der Waals surface area contributed by atoms with Crippen molar-refractivity contribution in [3.63, 3.8) is 0 Å². The molecule has 2 amide bonds. The van der Waals surface area contributed by atoms with E-state index < -0.39 is 0 Å². The highest BCUT2D eigenvalue weighted by atomic mass is 19.1. The minimum Gasteiger partial charge on any atom is -0.352 e. The lowest BCUT2D eigenvalue weighted by atomic mass is 10.1. The molecule has 2 saturated heterocycles. The van der Waals surface area contributed by atoms with Crippen LogP contribution in [0.2, 0.25) is 0 Å². The summed E-state index contributed by atoms with van der Waals surface area (Å²) in [6.07, 6.45) is 3.67. The molecule has 10 heteroatoms. The Balaban J connectivity index is 1.18. The Bertz CT molecular complexity index is 1090. The third-order valence-electron chi connectivity index (χ3n) is 5.90. The largest absolute Gasteiger partial charge is 0.352 e. The molecule has 2 fully saturated rings. The summed E-state index contributed by atoms with van der Waals surface area (Å²) in [7, 11) is 0. The molecule has 32 heavy (non-hydrogen) atoms. The smallest absolute Gasteiger partial charge is 0.228 e. The Labute approximate surface area is 184 Å². The summed E-state index contributed by atoms with van der Waals surface area (Å²) in [6.45, 7) is 2.73. The maximum Gasteiger partial charge on any atom is 0.228 e. The molecule has 3 aromatic rings. The zero-order valence-corrected chi connectivity index (χ0v) is 17.3. The molecule has 0 bridgehead atoms. The van der Waals surface area contributed by atoms with Crippen LogP contribution in [0, 0.1) is 11.7 Å². The number of amides is 2. The van der Waals surface area contributed by atoms with E-state index in [0.717, 1.165) is 5.82 Å². The average molecular weight is 435 g/mol.